The van der Waals surface area contributed by atoms with E-state index >= 15 is 0 Å². The van der Waals surface area contributed by atoms with Crippen molar-refractivity contribution in [2.24, 2.45) is 11.8 Å². The third-order valence-corrected chi connectivity index (χ3v) is 5.37. The normalized spacial score (nSPS) is 25.4. The fourth-order valence-corrected chi connectivity index (χ4v) is 3.58. The lowest BCUT2D eigenvalue weighted by Gasteiger charge is -2.35. The first kappa shape index (κ1) is 18.2. The van der Waals surface area contributed by atoms with Gasteiger partial charge < -0.3 is 14.6 Å². The average molecular weight is 357 g/mol. The molecular weight excluding hydrogens is 334 g/mol. The molecule has 1 aromatic rings. The highest BCUT2D eigenvalue weighted by molar-refractivity contribution is 5.86. The van der Waals surface area contributed by atoms with Gasteiger partial charge in [-0.25, -0.2) is 0 Å². The van der Waals surface area contributed by atoms with Crippen LogP contribution in [0, 0.1) is 23.2 Å². The standard InChI is InChI=1S/C20H23NO5/c1-25-17-5-4-15(9-18(17)26-11-13-2-3-13)20(12-21)7-6-16(22)14(10-20)8-19(23)24/h4-5,9,13-14H,2-3,6-8,10-11H2,1H3,(H,23,24). The van der Waals surface area contributed by atoms with Crippen LogP contribution in [-0.4, -0.2) is 30.6 Å². The second kappa shape index (κ2) is 7.36. The van der Waals surface area contributed by atoms with Crippen molar-refractivity contribution in [2.75, 3.05) is 13.7 Å². The molecule has 2 fully saturated rings. The van der Waals surface area contributed by atoms with E-state index in [9.17, 15) is 14.9 Å². The summed E-state index contributed by atoms with van der Waals surface area (Å²) in [6, 6.07) is 7.77. The minimum Gasteiger partial charge on any atom is -0.493 e. The van der Waals surface area contributed by atoms with Gasteiger partial charge in [-0.1, -0.05) is 6.07 Å². The molecule has 26 heavy (non-hydrogen) atoms. The maximum atomic E-state index is 12.1. The smallest absolute Gasteiger partial charge is 0.304 e. The molecule has 2 aliphatic carbocycles. The molecule has 0 amide bonds. The molecular formula is C20H23NO5. The summed E-state index contributed by atoms with van der Waals surface area (Å²) in [4.78, 5) is 23.2. The van der Waals surface area contributed by atoms with Crippen molar-refractivity contribution in [3.8, 4) is 17.6 Å². The number of nitrogens with zero attached hydrogens (tertiary/aromatic N) is 1. The predicted molar refractivity (Wildman–Crippen MR) is 93.1 cm³/mol. The van der Waals surface area contributed by atoms with Crippen molar-refractivity contribution in [1.82, 2.24) is 0 Å². The van der Waals surface area contributed by atoms with E-state index in [4.69, 9.17) is 14.6 Å². The first-order valence-corrected chi connectivity index (χ1v) is 8.94. The molecule has 2 saturated carbocycles. The SMILES string of the molecule is COc1ccc(C2(C#N)CCC(=O)C(CC(=O)O)C2)cc1OCC1CC1. The fraction of sp³-hybridized carbons (Fsp3) is 0.550. The van der Waals surface area contributed by atoms with Crippen LogP contribution in [0.25, 0.3) is 0 Å². The Balaban J connectivity index is 1.88. The zero-order valence-corrected chi connectivity index (χ0v) is 14.9. The van der Waals surface area contributed by atoms with E-state index in [2.05, 4.69) is 6.07 Å². The third-order valence-electron chi connectivity index (χ3n) is 5.37. The van der Waals surface area contributed by atoms with E-state index in [1.807, 2.05) is 12.1 Å². The van der Waals surface area contributed by atoms with Gasteiger partial charge in [0.25, 0.3) is 0 Å². The summed E-state index contributed by atoms with van der Waals surface area (Å²) in [6.45, 7) is 0.624. The molecule has 0 saturated heterocycles. The molecule has 2 unspecified atom stereocenters. The van der Waals surface area contributed by atoms with Crippen LogP contribution in [0.1, 0.15) is 44.1 Å². The Morgan fingerprint density at radius 3 is 2.77 bits per heavy atom. The maximum absolute atomic E-state index is 12.1. The monoisotopic (exact) mass is 357 g/mol. The van der Waals surface area contributed by atoms with Gasteiger partial charge in [-0.15, -0.1) is 0 Å². The number of methoxy groups -OCH3 is 1. The van der Waals surface area contributed by atoms with Gasteiger partial charge in [0.1, 0.15) is 5.78 Å². The van der Waals surface area contributed by atoms with Gasteiger partial charge in [0, 0.05) is 12.3 Å². The number of benzene rings is 1. The highest BCUT2D eigenvalue weighted by atomic mass is 16.5. The Labute approximate surface area is 152 Å². The van der Waals surface area contributed by atoms with Crippen LogP contribution >= 0.6 is 0 Å². The summed E-state index contributed by atoms with van der Waals surface area (Å²) in [7, 11) is 1.57. The lowest BCUT2D eigenvalue weighted by Crippen LogP contribution is -2.37. The molecule has 0 spiro atoms. The van der Waals surface area contributed by atoms with Crippen LogP contribution in [0.4, 0.5) is 0 Å². The number of rotatable bonds is 7. The van der Waals surface area contributed by atoms with Crippen molar-refractivity contribution in [3.05, 3.63) is 23.8 Å². The highest BCUT2D eigenvalue weighted by Gasteiger charge is 2.43. The van der Waals surface area contributed by atoms with Gasteiger partial charge in [0.2, 0.25) is 0 Å². The van der Waals surface area contributed by atoms with Crippen LogP contribution in [0.3, 0.4) is 0 Å². The second-order valence-electron chi connectivity index (χ2n) is 7.28. The van der Waals surface area contributed by atoms with Gasteiger partial charge in [-0.3, -0.25) is 9.59 Å². The van der Waals surface area contributed by atoms with Gasteiger partial charge in [0.05, 0.1) is 31.6 Å². The Kier molecular flexibility index (Phi) is 5.17. The first-order chi connectivity index (χ1) is 12.5. The minimum absolute atomic E-state index is 0.0722. The zero-order valence-electron chi connectivity index (χ0n) is 14.9. The first-order valence-electron chi connectivity index (χ1n) is 8.94. The fourth-order valence-electron chi connectivity index (χ4n) is 3.58. The Morgan fingerprint density at radius 1 is 1.38 bits per heavy atom. The molecule has 0 aliphatic heterocycles. The molecule has 2 aliphatic rings. The molecule has 1 N–H and O–H groups in total. The van der Waals surface area contributed by atoms with Gasteiger partial charge >= 0.3 is 5.97 Å². The van der Waals surface area contributed by atoms with Crippen LogP contribution in [0.15, 0.2) is 18.2 Å². The third kappa shape index (κ3) is 3.82. The maximum Gasteiger partial charge on any atom is 0.304 e. The van der Waals surface area contributed by atoms with Crippen LogP contribution < -0.4 is 9.47 Å². The number of carbonyl (C=O) groups excluding carboxylic acids is 1. The summed E-state index contributed by atoms with van der Waals surface area (Å²) < 4.78 is 11.2. The number of ketones is 1. The minimum atomic E-state index is -1.01. The molecule has 3 rings (SSSR count). The summed E-state index contributed by atoms with van der Waals surface area (Å²) in [5.41, 5.74) is -0.118. The van der Waals surface area contributed by atoms with Gasteiger partial charge in [0.15, 0.2) is 11.5 Å². The van der Waals surface area contributed by atoms with Crippen molar-refractivity contribution in [1.29, 1.82) is 5.26 Å². The quantitative estimate of drug-likeness (QED) is 0.805. The van der Waals surface area contributed by atoms with E-state index in [0.717, 1.165) is 5.56 Å². The molecule has 6 heteroatoms. The second-order valence-corrected chi connectivity index (χ2v) is 7.28. The van der Waals surface area contributed by atoms with Gasteiger partial charge in [-0.2, -0.15) is 5.26 Å². The summed E-state index contributed by atoms with van der Waals surface area (Å²) in [5, 5.41) is 19.0. The van der Waals surface area contributed by atoms with Crippen LogP contribution in [0.2, 0.25) is 0 Å². The van der Waals surface area contributed by atoms with E-state index in [0.29, 0.717) is 30.4 Å². The number of carboxylic acids is 1. The average Bonchev–Trinajstić information content (AvgIpc) is 3.46. The van der Waals surface area contributed by atoms with E-state index in [1.54, 1.807) is 13.2 Å². The summed E-state index contributed by atoms with van der Waals surface area (Å²) >= 11 is 0. The number of hydrogen-bond donors (Lipinski definition) is 1. The molecule has 2 atom stereocenters. The van der Waals surface area contributed by atoms with Crippen molar-refractivity contribution in [2.45, 2.75) is 43.9 Å². The lowest BCUT2D eigenvalue weighted by atomic mass is 9.65. The Hall–Kier alpha value is -2.55. The molecule has 138 valence electrons. The zero-order chi connectivity index (χ0) is 18.7. The van der Waals surface area contributed by atoms with Gasteiger partial charge in [-0.05, 0) is 49.3 Å². The molecule has 0 heterocycles. The highest BCUT2D eigenvalue weighted by Crippen LogP contribution is 2.44. The molecule has 0 aromatic heterocycles. The molecule has 0 bridgehead atoms. The number of carbonyl (C=O) groups is 2. The molecule has 0 radical (unpaired) electrons. The lowest BCUT2D eigenvalue weighted by molar-refractivity contribution is -0.141. The topological polar surface area (TPSA) is 96.6 Å². The molecule has 6 nitrogen and oxygen atoms in total. The predicted octanol–water partition coefficient (Wildman–Crippen LogP) is 3.09. The van der Waals surface area contributed by atoms with Crippen molar-refractivity contribution < 1.29 is 24.2 Å². The van der Waals surface area contributed by atoms with Crippen molar-refractivity contribution in [3.63, 3.8) is 0 Å². The van der Waals surface area contributed by atoms with Crippen molar-refractivity contribution >= 4 is 11.8 Å². The number of Topliss-reactive ketones (excluding diaryl/α,β-unsaturated/α-hetero) is 1. The van der Waals surface area contributed by atoms with E-state index < -0.39 is 17.3 Å². The molecule has 1 aromatic carbocycles. The van der Waals surface area contributed by atoms with E-state index in [1.165, 1.54) is 12.8 Å². The van der Waals surface area contributed by atoms with Crippen LogP contribution in [0.5, 0.6) is 11.5 Å². The van der Waals surface area contributed by atoms with Crippen LogP contribution in [-0.2, 0) is 15.0 Å². The number of ether oxygens (including phenoxy) is 2. The summed E-state index contributed by atoms with van der Waals surface area (Å²) in [5.74, 6) is 0.0753. The number of aliphatic carboxylic acids is 1. The largest absolute Gasteiger partial charge is 0.493 e. The number of nitriles is 1. The Bertz CT molecular complexity index is 749. The van der Waals surface area contributed by atoms with E-state index in [-0.39, 0.29) is 25.0 Å². The summed E-state index contributed by atoms with van der Waals surface area (Å²) in [6.07, 6.45) is 2.95. The number of hydrogen-bond acceptors (Lipinski definition) is 5. The Morgan fingerprint density at radius 2 is 2.15 bits per heavy atom. The number of carboxylic acid groups (broad SMARTS) is 1.